The second-order valence-electron chi connectivity index (χ2n) is 5.67. The monoisotopic (exact) mass is 222 g/mol. The number of hydrogen-bond donors (Lipinski definition) is 0. The molecule has 1 saturated carbocycles. The molecule has 0 amide bonds. The van der Waals surface area contributed by atoms with E-state index in [1.165, 1.54) is 32.1 Å². The summed E-state index contributed by atoms with van der Waals surface area (Å²) in [6.07, 6.45) is 7.92. The van der Waals surface area contributed by atoms with Crippen LogP contribution in [0.5, 0.6) is 0 Å². The number of rotatable bonds is 5. The van der Waals surface area contributed by atoms with Crippen LogP contribution in [-0.4, -0.2) is 24.0 Å². The summed E-state index contributed by atoms with van der Waals surface area (Å²) in [5.41, 5.74) is -0.165. The van der Waals surface area contributed by atoms with Gasteiger partial charge < -0.3 is 4.90 Å². The van der Waals surface area contributed by atoms with Crippen LogP contribution in [-0.2, 0) is 0 Å². The average Bonchev–Trinajstić information content (AvgIpc) is 2.31. The van der Waals surface area contributed by atoms with Crippen molar-refractivity contribution in [1.82, 2.24) is 4.90 Å². The average molecular weight is 222 g/mol. The first kappa shape index (κ1) is 13.5. The molecule has 0 aromatic carbocycles. The van der Waals surface area contributed by atoms with Crippen LogP contribution in [0.2, 0.25) is 0 Å². The molecule has 0 atom stereocenters. The Morgan fingerprint density at radius 1 is 1.25 bits per heavy atom. The molecule has 1 aliphatic rings. The Bertz CT molecular complexity index is 234. The first-order chi connectivity index (χ1) is 7.59. The largest absolute Gasteiger partial charge is 0.301 e. The van der Waals surface area contributed by atoms with E-state index in [0.717, 1.165) is 25.6 Å². The number of nitriles is 1. The maximum atomic E-state index is 9.02. The van der Waals surface area contributed by atoms with Crippen LogP contribution in [0.1, 0.15) is 59.3 Å². The van der Waals surface area contributed by atoms with Crippen molar-refractivity contribution in [2.45, 2.75) is 65.3 Å². The third kappa shape index (κ3) is 4.14. The topological polar surface area (TPSA) is 27.0 Å². The molecule has 1 rings (SSSR count). The third-order valence-electron chi connectivity index (χ3n) is 3.82. The second-order valence-corrected chi connectivity index (χ2v) is 5.67. The smallest absolute Gasteiger partial charge is 0.0684 e. The molecular formula is C14H26N2. The fourth-order valence-electron chi connectivity index (χ4n) is 2.52. The second kappa shape index (κ2) is 6.25. The molecule has 0 unspecified atom stereocenters. The molecule has 0 heterocycles. The molecule has 0 radical (unpaired) electrons. The van der Waals surface area contributed by atoms with Crippen LogP contribution < -0.4 is 0 Å². The van der Waals surface area contributed by atoms with Crippen LogP contribution in [0.25, 0.3) is 0 Å². The Hall–Kier alpha value is -0.550. The van der Waals surface area contributed by atoms with E-state index in [4.69, 9.17) is 5.26 Å². The SMILES string of the molecule is CCN(CCC(C)(C)C#N)C1CCCCC1. The van der Waals surface area contributed by atoms with Gasteiger partial charge in [0.1, 0.15) is 0 Å². The minimum Gasteiger partial charge on any atom is -0.301 e. The van der Waals surface area contributed by atoms with Gasteiger partial charge in [0.2, 0.25) is 0 Å². The molecule has 0 saturated heterocycles. The molecule has 0 bridgehead atoms. The summed E-state index contributed by atoms with van der Waals surface area (Å²) in [7, 11) is 0. The summed E-state index contributed by atoms with van der Waals surface area (Å²) in [6, 6.07) is 3.18. The van der Waals surface area contributed by atoms with Gasteiger partial charge in [0, 0.05) is 6.04 Å². The van der Waals surface area contributed by atoms with Gasteiger partial charge in [-0.1, -0.05) is 26.2 Å². The molecule has 1 aliphatic carbocycles. The molecule has 0 aliphatic heterocycles. The minimum absolute atomic E-state index is 0.165. The lowest BCUT2D eigenvalue weighted by atomic mass is 9.89. The zero-order valence-electron chi connectivity index (χ0n) is 11.1. The van der Waals surface area contributed by atoms with Crippen LogP contribution in [0.4, 0.5) is 0 Å². The van der Waals surface area contributed by atoms with Crippen LogP contribution in [0.3, 0.4) is 0 Å². The number of hydrogen-bond acceptors (Lipinski definition) is 2. The summed E-state index contributed by atoms with van der Waals surface area (Å²) in [5, 5.41) is 9.02. The van der Waals surface area contributed by atoms with Gasteiger partial charge in [-0.3, -0.25) is 0 Å². The highest BCUT2D eigenvalue weighted by Gasteiger charge is 2.23. The fourth-order valence-corrected chi connectivity index (χ4v) is 2.52. The summed E-state index contributed by atoms with van der Waals surface area (Å²) in [4.78, 5) is 2.58. The van der Waals surface area contributed by atoms with E-state index in [9.17, 15) is 0 Å². The zero-order valence-corrected chi connectivity index (χ0v) is 11.1. The molecule has 2 nitrogen and oxygen atoms in total. The standard InChI is InChI=1S/C14H26N2/c1-4-16(11-10-14(2,3)12-15)13-8-6-5-7-9-13/h13H,4-11H2,1-3H3. The fraction of sp³-hybridized carbons (Fsp3) is 0.929. The van der Waals surface area contributed by atoms with Gasteiger partial charge in [-0.05, 0) is 46.2 Å². The van der Waals surface area contributed by atoms with Crippen molar-refractivity contribution in [3.05, 3.63) is 0 Å². The van der Waals surface area contributed by atoms with Crippen molar-refractivity contribution in [1.29, 1.82) is 5.26 Å². The van der Waals surface area contributed by atoms with Crippen LogP contribution in [0.15, 0.2) is 0 Å². The third-order valence-corrected chi connectivity index (χ3v) is 3.82. The maximum absolute atomic E-state index is 9.02. The summed E-state index contributed by atoms with van der Waals surface area (Å²) in [6.45, 7) is 8.55. The molecule has 16 heavy (non-hydrogen) atoms. The molecule has 0 spiro atoms. The van der Waals surface area contributed by atoms with Crippen molar-refractivity contribution in [2.75, 3.05) is 13.1 Å². The van der Waals surface area contributed by atoms with Crippen molar-refractivity contribution in [3.8, 4) is 6.07 Å². The minimum atomic E-state index is -0.165. The molecule has 2 heteroatoms. The highest BCUT2D eigenvalue weighted by Crippen LogP contribution is 2.25. The maximum Gasteiger partial charge on any atom is 0.0684 e. The van der Waals surface area contributed by atoms with Gasteiger partial charge in [0.05, 0.1) is 11.5 Å². The molecule has 1 fully saturated rings. The van der Waals surface area contributed by atoms with E-state index in [1.54, 1.807) is 0 Å². The predicted molar refractivity (Wildman–Crippen MR) is 68.1 cm³/mol. The Kier molecular flexibility index (Phi) is 5.28. The Labute approximate surface area is 101 Å². The summed E-state index contributed by atoms with van der Waals surface area (Å²) >= 11 is 0. The van der Waals surface area contributed by atoms with Gasteiger partial charge >= 0.3 is 0 Å². The van der Waals surface area contributed by atoms with E-state index in [1.807, 2.05) is 13.8 Å². The van der Waals surface area contributed by atoms with E-state index in [-0.39, 0.29) is 5.41 Å². The van der Waals surface area contributed by atoms with Crippen molar-refractivity contribution < 1.29 is 0 Å². The Morgan fingerprint density at radius 3 is 2.38 bits per heavy atom. The van der Waals surface area contributed by atoms with Crippen molar-refractivity contribution in [2.24, 2.45) is 5.41 Å². The first-order valence-electron chi connectivity index (χ1n) is 6.74. The predicted octanol–water partition coefficient (Wildman–Crippen LogP) is 3.58. The van der Waals surface area contributed by atoms with Crippen LogP contribution in [0, 0.1) is 16.7 Å². The lowest BCUT2D eigenvalue weighted by Crippen LogP contribution is -2.38. The lowest BCUT2D eigenvalue weighted by Gasteiger charge is -2.34. The molecule has 92 valence electrons. The van der Waals surface area contributed by atoms with E-state index >= 15 is 0 Å². The van der Waals surface area contributed by atoms with Crippen molar-refractivity contribution >= 4 is 0 Å². The Balaban J connectivity index is 2.39. The van der Waals surface area contributed by atoms with E-state index in [0.29, 0.717) is 0 Å². The summed E-state index contributed by atoms with van der Waals surface area (Å²) < 4.78 is 0. The van der Waals surface area contributed by atoms with Gasteiger partial charge in [-0.25, -0.2) is 0 Å². The molecule has 0 aromatic heterocycles. The van der Waals surface area contributed by atoms with Crippen LogP contribution >= 0.6 is 0 Å². The van der Waals surface area contributed by atoms with Crippen molar-refractivity contribution in [3.63, 3.8) is 0 Å². The summed E-state index contributed by atoms with van der Waals surface area (Å²) in [5.74, 6) is 0. The van der Waals surface area contributed by atoms with Gasteiger partial charge in [0.25, 0.3) is 0 Å². The molecular weight excluding hydrogens is 196 g/mol. The van der Waals surface area contributed by atoms with E-state index in [2.05, 4.69) is 17.9 Å². The van der Waals surface area contributed by atoms with Gasteiger partial charge in [0.15, 0.2) is 0 Å². The van der Waals surface area contributed by atoms with Gasteiger partial charge in [-0.15, -0.1) is 0 Å². The number of nitrogens with zero attached hydrogens (tertiary/aromatic N) is 2. The molecule has 0 aromatic rings. The highest BCUT2D eigenvalue weighted by molar-refractivity contribution is 4.92. The zero-order chi connectivity index (χ0) is 12.0. The Morgan fingerprint density at radius 2 is 1.88 bits per heavy atom. The van der Waals surface area contributed by atoms with Gasteiger partial charge in [-0.2, -0.15) is 5.26 Å². The normalized spacial score (nSPS) is 18.7. The first-order valence-corrected chi connectivity index (χ1v) is 6.74. The lowest BCUT2D eigenvalue weighted by molar-refractivity contribution is 0.150. The molecule has 0 N–H and O–H groups in total. The quantitative estimate of drug-likeness (QED) is 0.711. The van der Waals surface area contributed by atoms with E-state index < -0.39 is 0 Å². The highest BCUT2D eigenvalue weighted by atomic mass is 15.1.